The first-order chi connectivity index (χ1) is 17.4. The number of pyridine rings is 1. The third-order valence-corrected chi connectivity index (χ3v) is 6.89. The number of amides is 1. The highest BCUT2D eigenvalue weighted by molar-refractivity contribution is 5.96. The summed E-state index contributed by atoms with van der Waals surface area (Å²) in [5.74, 6) is 0.0829. The van der Waals surface area contributed by atoms with Crippen molar-refractivity contribution in [2.75, 3.05) is 34.2 Å². The number of carbonyl (C=O) groups is 1. The van der Waals surface area contributed by atoms with Gasteiger partial charge in [0.05, 0.1) is 16.6 Å². The van der Waals surface area contributed by atoms with Crippen molar-refractivity contribution in [1.82, 2.24) is 31.0 Å². The largest absolute Gasteiger partial charge is 0.339 e. The molecule has 1 amide bonds. The number of fused-ring (bicyclic) bond motifs is 1. The summed E-state index contributed by atoms with van der Waals surface area (Å²) in [7, 11) is 6.06. The molecule has 0 bridgehead atoms. The second-order valence-electron chi connectivity index (χ2n) is 10.5. The van der Waals surface area contributed by atoms with Crippen LogP contribution >= 0.6 is 0 Å². The Morgan fingerprint density at radius 1 is 1.19 bits per heavy atom. The smallest absolute Gasteiger partial charge is 0.254 e. The Morgan fingerprint density at radius 3 is 2.72 bits per heavy atom. The van der Waals surface area contributed by atoms with E-state index in [4.69, 9.17) is 4.98 Å². The van der Waals surface area contributed by atoms with Gasteiger partial charge in [0.25, 0.3) is 5.91 Å². The zero-order chi connectivity index (χ0) is 25.7. The van der Waals surface area contributed by atoms with Crippen molar-refractivity contribution in [3.63, 3.8) is 0 Å². The van der Waals surface area contributed by atoms with Gasteiger partial charge in [0.2, 0.25) is 0 Å². The third-order valence-electron chi connectivity index (χ3n) is 6.89. The van der Waals surface area contributed by atoms with Crippen LogP contribution in [0.2, 0.25) is 0 Å². The summed E-state index contributed by atoms with van der Waals surface area (Å²) in [4.78, 5) is 23.1. The lowest BCUT2D eigenvalue weighted by Crippen LogP contribution is -2.45. The zero-order valence-corrected chi connectivity index (χ0v) is 22.5. The summed E-state index contributed by atoms with van der Waals surface area (Å²) in [6, 6.07) is 11.2. The van der Waals surface area contributed by atoms with Crippen molar-refractivity contribution in [1.29, 1.82) is 0 Å². The Hall–Kier alpha value is -2.74. The lowest BCUT2D eigenvalue weighted by molar-refractivity contribution is 0.0783. The maximum Gasteiger partial charge on any atom is 0.254 e. The first kappa shape index (κ1) is 26.3. The van der Waals surface area contributed by atoms with E-state index < -0.39 is 0 Å². The van der Waals surface area contributed by atoms with Gasteiger partial charge in [-0.1, -0.05) is 24.3 Å². The molecule has 4 rings (SSSR count). The van der Waals surface area contributed by atoms with Crippen LogP contribution in [0.25, 0.3) is 23.0 Å². The van der Waals surface area contributed by atoms with Gasteiger partial charge in [-0.2, -0.15) is 0 Å². The molecule has 36 heavy (non-hydrogen) atoms. The van der Waals surface area contributed by atoms with E-state index in [0.29, 0.717) is 6.04 Å². The number of hydrogen-bond donors (Lipinski definition) is 3. The number of aromatic nitrogens is 1. The van der Waals surface area contributed by atoms with Crippen LogP contribution in [0.1, 0.15) is 61.9 Å². The molecule has 1 aromatic heterocycles. The Bertz CT molecular complexity index is 1190. The van der Waals surface area contributed by atoms with Gasteiger partial charge in [0.15, 0.2) is 0 Å². The van der Waals surface area contributed by atoms with Crippen LogP contribution < -0.4 is 26.7 Å². The quantitative estimate of drug-likeness (QED) is 0.420. The molecule has 2 aliphatic rings. The van der Waals surface area contributed by atoms with E-state index in [0.717, 1.165) is 84.8 Å². The molecule has 2 aromatic rings. The van der Waals surface area contributed by atoms with Gasteiger partial charge in [-0.15, -0.1) is 0 Å². The molecule has 194 valence electrons. The van der Waals surface area contributed by atoms with E-state index >= 15 is 0 Å². The highest BCUT2D eigenvalue weighted by Gasteiger charge is 2.31. The molecule has 0 unspecified atom stereocenters. The molecule has 0 saturated heterocycles. The normalized spacial score (nSPS) is 15.5. The lowest BCUT2D eigenvalue weighted by Gasteiger charge is -2.20. The highest BCUT2D eigenvalue weighted by atomic mass is 16.2. The lowest BCUT2D eigenvalue weighted by atomic mass is 10.0. The molecule has 0 aliphatic heterocycles. The van der Waals surface area contributed by atoms with Crippen molar-refractivity contribution in [2.45, 2.75) is 64.6 Å². The van der Waals surface area contributed by atoms with Gasteiger partial charge in [0.1, 0.15) is 0 Å². The topological polar surface area (TPSA) is 72.5 Å². The fraction of sp³-hybridized carbons (Fsp3) is 0.517. The van der Waals surface area contributed by atoms with Crippen LogP contribution in [-0.2, 0) is 6.54 Å². The summed E-state index contributed by atoms with van der Waals surface area (Å²) < 4.78 is 0. The third kappa shape index (κ3) is 6.52. The van der Waals surface area contributed by atoms with Gasteiger partial charge < -0.3 is 20.5 Å². The van der Waals surface area contributed by atoms with Gasteiger partial charge in [-0.05, 0) is 77.7 Å². The molecular weight excluding hydrogens is 448 g/mol. The molecule has 3 N–H and O–H groups in total. The van der Waals surface area contributed by atoms with Crippen molar-refractivity contribution in [2.24, 2.45) is 0 Å². The molecule has 1 saturated carbocycles. The first-order valence-electron chi connectivity index (χ1n) is 13.3. The van der Waals surface area contributed by atoms with Gasteiger partial charge >= 0.3 is 0 Å². The van der Waals surface area contributed by atoms with Crippen LogP contribution in [-0.4, -0.2) is 67.0 Å². The van der Waals surface area contributed by atoms with Crippen molar-refractivity contribution in [3.05, 3.63) is 52.0 Å². The number of benzene rings is 1. The number of hydrogen-bond acceptors (Lipinski definition) is 6. The number of rotatable bonds is 11. The molecule has 2 aliphatic carbocycles. The van der Waals surface area contributed by atoms with E-state index in [1.807, 2.05) is 25.1 Å². The number of carbonyl (C=O) groups excluding carboxylic acids is 1. The van der Waals surface area contributed by atoms with Crippen LogP contribution in [0, 0.1) is 0 Å². The Balaban J connectivity index is 1.80. The second kappa shape index (κ2) is 12.0. The standard InChI is InChI=1S/C29H42N6O/c1-20(2)32-33-26-12-7-6-11-25-28(26)24(29(36)35(5)23-13-14-23)18-27(31-25)22-10-8-9-21(17-22)19-34(4)16-15-30-3/h8-11,17-18,20,23,30,32-33H,6-7,12-16,19H2,1-5H3. The molecule has 7 nitrogen and oxygen atoms in total. The fourth-order valence-corrected chi connectivity index (χ4v) is 4.69. The van der Waals surface area contributed by atoms with Gasteiger partial charge in [-0.3, -0.25) is 4.79 Å². The number of nitrogens with one attached hydrogen (secondary N) is 3. The summed E-state index contributed by atoms with van der Waals surface area (Å²) in [5, 5.41) is 5.06. The Kier molecular flexibility index (Phi) is 8.77. The molecule has 7 heteroatoms. The van der Waals surface area contributed by atoms with E-state index in [1.54, 1.807) is 0 Å². The Labute approximate surface area is 215 Å². The molecule has 0 spiro atoms. The number of likely N-dealkylation sites (N-methyl/N-ethyl adjacent to an activating group) is 2. The zero-order valence-electron chi connectivity index (χ0n) is 22.5. The van der Waals surface area contributed by atoms with Crippen molar-refractivity contribution in [3.8, 4) is 11.3 Å². The molecule has 1 fully saturated rings. The molecule has 0 radical (unpaired) electrons. The average molecular weight is 491 g/mol. The predicted octanol–water partition coefficient (Wildman–Crippen LogP) is 2.21. The molecule has 1 heterocycles. The molecule has 0 atom stereocenters. The second-order valence-corrected chi connectivity index (χ2v) is 10.5. The summed E-state index contributed by atoms with van der Waals surface area (Å²) >= 11 is 0. The van der Waals surface area contributed by atoms with E-state index in [1.165, 1.54) is 5.56 Å². The summed E-state index contributed by atoms with van der Waals surface area (Å²) in [6.07, 6.45) is 7.22. The highest BCUT2D eigenvalue weighted by Crippen LogP contribution is 2.27. The first-order valence-corrected chi connectivity index (χ1v) is 13.3. The Morgan fingerprint density at radius 2 is 2.00 bits per heavy atom. The van der Waals surface area contributed by atoms with Crippen LogP contribution in [0.4, 0.5) is 0 Å². The van der Waals surface area contributed by atoms with E-state index in [-0.39, 0.29) is 11.9 Å². The molecule has 1 aromatic carbocycles. The monoisotopic (exact) mass is 490 g/mol. The minimum Gasteiger partial charge on any atom is -0.339 e. The number of nitrogens with zero attached hydrogens (tertiary/aromatic N) is 3. The van der Waals surface area contributed by atoms with E-state index in [2.05, 4.69) is 72.3 Å². The van der Waals surface area contributed by atoms with E-state index in [9.17, 15) is 4.79 Å². The molecular formula is C29H42N6O. The van der Waals surface area contributed by atoms with Crippen LogP contribution in [0.3, 0.4) is 0 Å². The van der Waals surface area contributed by atoms with Crippen LogP contribution in [0.15, 0.2) is 30.3 Å². The minimum absolute atomic E-state index is 0.0829. The minimum atomic E-state index is 0.0829. The number of hydrazine groups is 1. The predicted molar refractivity (Wildman–Crippen MR) is 147 cm³/mol. The van der Waals surface area contributed by atoms with Gasteiger partial charge in [0, 0.05) is 55.2 Å². The maximum atomic E-state index is 13.8. The summed E-state index contributed by atoms with van der Waals surface area (Å²) in [5.41, 5.74) is 11.7. The van der Waals surface area contributed by atoms with Crippen LogP contribution in [0.5, 0.6) is 0 Å². The fourth-order valence-electron chi connectivity index (χ4n) is 4.69. The SMILES string of the molecule is CNCCN(C)Cc1cccc(-c2cc(C(=O)N(C)C3CC3)c3c(n2)=CCCCC=3NNC(C)C)c1. The average Bonchev–Trinajstić information content (AvgIpc) is 3.72. The van der Waals surface area contributed by atoms with Crippen molar-refractivity contribution >= 4 is 17.7 Å². The van der Waals surface area contributed by atoms with Crippen molar-refractivity contribution < 1.29 is 4.79 Å². The summed E-state index contributed by atoms with van der Waals surface area (Å²) in [6.45, 7) is 7.01. The van der Waals surface area contributed by atoms with Gasteiger partial charge in [-0.25, -0.2) is 10.4 Å². The maximum absolute atomic E-state index is 13.8.